The minimum absolute atomic E-state index is 0. The number of hydrogen-bond donors (Lipinski definition) is 3. The molecule has 2 aromatic heterocycles. The summed E-state index contributed by atoms with van der Waals surface area (Å²) in [4.78, 5) is 29.3. The third-order valence-electron chi connectivity index (χ3n) is 4.14. The summed E-state index contributed by atoms with van der Waals surface area (Å²) in [5.41, 5.74) is 1.54. The fourth-order valence-corrected chi connectivity index (χ4v) is 2.70. The molecule has 1 fully saturated rings. The van der Waals surface area contributed by atoms with Crippen LogP contribution >= 0.6 is 24.8 Å². The van der Waals surface area contributed by atoms with Crippen molar-refractivity contribution >= 4 is 41.8 Å². The Morgan fingerprint density at radius 3 is 2.73 bits per heavy atom. The molecule has 1 saturated carbocycles. The second-order valence-corrected chi connectivity index (χ2v) is 6.07. The highest BCUT2D eigenvalue weighted by atomic mass is 35.5. The molecule has 3 rings (SSSR count). The second kappa shape index (κ2) is 9.91. The van der Waals surface area contributed by atoms with E-state index >= 15 is 0 Å². The Bertz CT molecular complexity index is 801. The molecular formula is C16H25Cl2N5O3. The Balaban J connectivity index is 0.00000169. The summed E-state index contributed by atoms with van der Waals surface area (Å²) in [7, 11) is 3.38. The van der Waals surface area contributed by atoms with Crippen LogP contribution in [0.2, 0.25) is 0 Å². The van der Waals surface area contributed by atoms with Gasteiger partial charge >= 0.3 is 0 Å². The zero-order valence-electron chi connectivity index (χ0n) is 14.8. The molecule has 1 amide bonds. The van der Waals surface area contributed by atoms with E-state index in [4.69, 9.17) is 4.74 Å². The van der Waals surface area contributed by atoms with E-state index in [9.17, 15) is 9.59 Å². The van der Waals surface area contributed by atoms with Gasteiger partial charge in [-0.3, -0.25) is 19.4 Å². The Labute approximate surface area is 163 Å². The largest absolute Gasteiger partial charge is 0.383 e. The van der Waals surface area contributed by atoms with E-state index in [0.717, 1.165) is 25.1 Å². The first-order chi connectivity index (χ1) is 11.6. The number of rotatable bonds is 8. The molecule has 0 spiro atoms. The summed E-state index contributed by atoms with van der Waals surface area (Å²) in [5, 5.41) is 9.05. The van der Waals surface area contributed by atoms with Crippen LogP contribution in [0.3, 0.4) is 0 Å². The number of nitrogens with zero attached hydrogens (tertiary/aromatic N) is 2. The minimum atomic E-state index is -0.286. The van der Waals surface area contributed by atoms with E-state index in [2.05, 4.69) is 20.7 Å². The van der Waals surface area contributed by atoms with Crippen molar-refractivity contribution in [1.82, 2.24) is 25.4 Å². The van der Waals surface area contributed by atoms with Gasteiger partial charge in [0.05, 0.1) is 17.6 Å². The summed E-state index contributed by atoms with van der Waals surface area (Å²) >= 11 is 0. The fraction of sp³-hybridized carbons (Fsp3) is 0.562. The molecule has 0 saturated heterocycles. The van der Waals surface area contributed by atoms with Gasteiger partial charge in [0, 0.05) is 45.4 Å². The number of H-pyrrole nitrogens is 1. The predicted molar refractivity (Wildman–Crippen MR) is 105 cm³/mol. The smallest absolute Gasteiger partial charge is 0.274 e. The lowest BCUT2D eigenvalue weighted by Crippen LogP contribution is -2.33. The summed E-state index contributed by atoms with van der Waals surface area (Å²) in [6.07, 6.45) is 2.17. The lowest BCUT2D eigenvalue weighted by atomic mass is 10.1. The van der Waals surface area contributed by atoms with Crippen LogP contribution in [0.1, 0.15) is 34.8 Å². The first-order valence-corrected chi connectivity index (χ1v) is 8.19. The average Bonchev–Trinajstić information content (AvgIpc) is 3.37. The average molecular weight is 406 g/mol. The molecule has 26 heavy (non-hydrogen) atoms. The molecule has 10 heteroatoms. The Morgan fingerprint density at radius 2 is 2.08 bits per heavy atom. The van der Waals surface area contributed by atoms with Gasteiger partial charge in [0.2, 0.25) is 0 Å². The van der Waals surface area contributed by atoms with Gasteiger partial charge in [-0.05, 0) is 18.9 Å². The van der Waals surface area contributed by atoms with Gasteiger partial charge < -0.3 is 15.4 Å². The fourth-order valence-electron chi connectivity index (χ4n) is 2.70. The highest BCUT2D eigenvalue weighted by Gasteiger charge is 2.28. The van der Waals surface area contributed by atoms with Crippen molar-refractivity contribution in [1.29, 1.82) is 0 Å². The molecule has 0 aliphatic heterocycles. The van der Waals surface area contributed by atoms with Crippen molar-refractivity contribution in [2.24, 2.45) is 7.05 Å². The van der Waals surface area contributed by atoms with Crippen molar-refractivity contribution in [3.05, 3.63) is 27.7 Å². The molecule has 0 bridgehead atoms. The molecule has 1 aliphatic rings. The van der Waals surface area contributed by atoms with Gasteiger partial charge in [-0.1, -0.05) is 0 Å². The van der Waals surface area contributed by atoms with Gasteiger partial charge in [-0.25, -0.2) is 4.98 Å². The number of aryl methyl sites for hydroxylation is 1. The van der Waals surface area contributed by atoms with E-state index in [-0.39, 0.29) is 36.3 Å². The summed E-state index contributed by atoms with van der Waals surface area (Å²) < 4.78 is 6.52. The number of hydrogen-bond acceptors (Lipinski definition) is 5. The topological polar surface area (TPSA) is 101 Å². The molecule has 0 radical (unpaired) electrons. The third kappa shape index (κ3) is 4.97. The van der Waals surface area contributed by atoms with Gasteiger partial charge in [-0.15, -0.1) is 24.8 Å². The number of nitrogens with one attached hydrogen (secondary N) is 3. The molecule has 1 aliphatic carbocycles. The molecule has 3 N–H and O–H groups in total. The minimum Gasteiger partial charge on any atom is -0.383 e. The molecule has 2 aromatic rings. The maximum Gasteiger partial charge on any atom is 0.274 e. The lowest BCUT2D eigenvalue weighted by Gasteiger charge is -2.09. The molecular weight excluding hydrogens is 381 g/mol. The third-order valence-corrected chi connectivity index (χ3v) is 4.14. The Kier molecular flexibility index (Phi) is 8.55. The SMILES string of the molecule is COCCNCCNC(=O)c1cc(C2CC2)nc2c1c(=O)[nH]n2C.Cl.Cl. The second-order valence-electron chi connectivity index (χ2n) is 6.07. The van der Waals surface area contributed by atoms with Crippen LogP contribution in [0.5, 0.6) is 0 Å². The number of amides is 1. The quantitative estimate of drug-likeness (QED) is 0.567. The van der Waals surface area contributed by atoms with Crippen molar-refractivity contribution in [3.8, 4) is 0 Å². The Morgan fingerprint density at radius 1 is 1.35 bits per heavy atom. The van der Waals surface area contributed by atoms with Crippen molar-refractivity contribution in [2.75, 3.05) is 33.4 Å². The summed E-state index contributed by atoms with van der Waals surface area (Å²) in [6, 6.07) is 1.77. The van der Waals surface area contributed by atoms with E-state index in [0.29, 0.717) is 42.2 Å². The monoisotopic (exact) mass is 405 g/mol. The number of carbonyl (C=O) groups excluding carboxylic acids is 1. The van der Waals surface area contributed by atoms with Gasteiger partial charge in [-0.2, -0.15) is 0 Å². The number of pyridine rings is 1. The molecule has 0 unspecified atom stereocenters. The van der Waals surface area contributed by atoms with Crippen molar-refractivity contribution < 1.29 is 9.53 Å². The van der Waals surface area contributed by atoms with Crippen LogP contribution in [0, 0.1) is 0 Å². The van der Waals surface area contributed by atoms with E-state index in [1.807, 2.05) is 0 Å². The number of carbonyl (C=O) groups is 1. The lowest BCUT2D eigenvalue weighted by molar-refractivity contribution is 0.0955. The number of aromatic amines is 1. The van der Waals surface area contributed by atoms with Crippen LogP contribution in [0.25, 0.3) is 11.0 Å². The van der Waals surface area contributed by atoms with Crippen LogP contribution in [-0.2, 0) is 11.8 Å². The van der Waals surface area contributed by atoms with Crippen molar-refractivity contribution in [2.45, 2.75) is 18.8 Å². The maximum atomic E-state index is 12.6. The van der Waals surface area contributed by atoms with Crippen molar-refractivity contribution in [3.63, 3.8) is 0 Å². The summed E-state index contributed by atoms with van der Waals surface area (Å²) in [5.74, 6) is 0.163. The zero-order valence-corrected chi connectivity index (χ0v) is 16.5. The summed E-state index contributed by atoms with van der Waals surface area (Å²) in [6.45, 7) is 2.49. The normalized spacial score (nSPS) is 13.2. The highest BCUT2D eigenvalue weighted by molar-refractivity contribution is 6.05. The van der Waals surface area contributed by atoms with E-state index in [1.165, 1.54) is 0 Å². The Hall–Kier alpha value is -1.61. The van der Waals surface area contributed by atoms with Gasteiger partial charge in [0.25, 0.3) is 11.5 Å². The molecule has 0 atom stereocenters. The van der Waals surface area contributed by atoms with Crippen LogP contribution in [-0.4, -0.2) is 54.0 Å². The van der Waals surface area contributed by atoms with E-state index < -0.39 is 0 Å². The highest BCUT2D eigenvalue weighted by Crippen LogP contribution is 2.39. The molecule has 8 nitrogen and oxygen atoms in total. The van der Waals surface area contributed by atoms with E-state index in [1.54, 1.807) is 24.9 Å². The molecule has 0 aromatic carbocycles. The van der Waals surface area contributed by atoms with Crippen LogP contribution < -0.4 is 16.2 Å². The number of aromatic nitrogens is 3. The zero-order chi connectivity index (χ0) is 17.1. The maximum absolute atomic E-state index is 12.6. The first-order valence-electron chi connectivity index (χ1n) is 8.19. The molecule has 146 valence electrons. The number of ether oxygens (including phenoxy) is 1. The van der Waals surface area contributed by atoms with Gasteiger partial charge in [0.15, 0.2) is 5.65 Å². The first kappa shape index (κ1) is 22.4. The van der Waals surface area contributed by atoms with Gasteiger partial charge in [0.1, 0.15) is 0 Å². The van der Waals surface area contributed by atoms with Crippen LogP contribution in [0.4, 0.5) is 0 Å². The molecule has 2 heterocycles. The number of halogens is 2. The number of methoxy groups -OCH3 is 1. The number of fused-ring (bicyclic) bond motifs is 1. The standard InChI is InChI=1S/C16H23N5O3.2ClH/c1-21-14-13(16(23)20-21)11(9-12(19-14)10-3-4-10)15(22)18-6-5-17-7-8-24-2;;/h9-10,17H,3-8H2,1-2H3,(H,18,22)(H,20,23);2*1H. The van der Waals surface area contributed by atoms with Crippen LogP contribution in [0.15, 0.2) is 10.9 Å². The predicted octanol–water partition coefficient (Wildman–Crippen LogP) is 0.948.